The molecule has 0 saturated carbocycles. The molecule has 1 aromatic carbocycles. The lowest BCUT2D eigenvalue weighted by Gasteiger charge is -2.36. The fraction of sp³-hybridized carbons (Fsp3) is 0.438. The van der Waals surface area contributed by atoms with Gasteiger partial charge in [-0.25, -0.2) is 8.42 Å². The Hall–Kier alpha value is -1.54. The van der Waals surface area contributed by atoms with Crippen LogP contribution in [0, 0.1) is 6.92 Å². The second-order valence-corrected chi connectivity index (χ2v) is 7.07. The van der Waals surface area contributed by atoms with Crippen molar-refractivity contribution in [1.82, 2.24) is 4.31 Å². The molecule has 23 heavy (non-hydrogen) atoms. The number of rotatable bonds is 6. The third kappa shape index (κ3) is 3.69. The molecule has 1 aromatic rings. The molecule has 0 aliphatic carbocycles. The molecule has 126 valence electrons. The number of hydrogen-bond donors (Lipinski definition) is 0. The maximum atomic E-state index is 13.0. The Morgan fingerprint density at radius 1 is 1.22 bits per heavy atom. The maximum Gasteiger partial charge on any atom is 0.246 e. The number of carbonyl (C=O) groups is 1. The SMILES string of the molecule is CCO[C@H]1C=CC(=O)[C@H](COC)N1S(=O)(=O)c1ccc(C)cc1. The highest BCUT2D eigenvalue weighted by atomic mass is 32.2. The molecule has 2 atom stereocenters. The minimum atomic E-state index is -3.90. The van der Waals surface area contributed by atoms with Crippen LogP contribution in [0.25, 0.3) is 0 Å². The van der Waals surface area contributed by atoms with Gasteiger partial charge in [-0.2, -0.15) is 4.31 Å². The van der Waals surface area contributed by atoms with E-state index in [-0.39, 0.29) is 17.3 Å². The number of sulfonamides is 1. The molecule has 0 radical (unpaired) electrons. The van der Waals surface area contributed by atoms with Gasteiger partial charge in [0.05, 0.1) is 11.5 Å². The van der Waals surface area contributed by atoms with Crippen LogP contribution in [0.1, 0.15) is 12.5 Å². The summed E-state index contributed by atoms with van der Waals surface area (Å²) in [5.74, 6) is -0.321. The molecule has 0 fully saturated rings. The van der Waals surface area contributed by atoms with Gasteiger partial charge in [-0.3, -0.25) is 4.79 Å². The minimum absolute atomic E-state index is 0.0299. The molecular weight excluding hydrogens is 318 g/mol. The molecule has 1 heterocycles. The molecule has 0 unspecified atom stereocenters. The lowest BCUT2D eigenvalue weighted by Crippen LogP contribution is -2.54. The quantitative estimate of drug-likeness (QED) is 0.785. The first kappa shape index (κ1) is 17.8. The molecule has 2 rings (SSSR count). The molecule has 0 spiro atoms. The van der Waals surface area contributed by atoms with E-state index in [2.05, 4.69) is 0 Å². The van der Waals surface area contributed by atoms with Crippen molar-refractivity contribution >= 4 is 15.8 Å². The largest absolute Gasteiger partial charge is 0.383 e. The molecule has 0 aromatic heterocycles. The van der Waals surface area contributed by atoms with Gasteiger partial charge in [0.15, 0.2) is 5.78 Å². The van der Waals surface area contributed by atoms with Crippen LogP contribution in [0.5, 0.6) is 0 Å². The van der Waals surface area contributed by atoms with E-state index in [1.165, 1.54) is 31.4 Å². The van der Waals surface area contributed by atoms with Gasteiger partial charge < -0.3 is 9.47 Å². The number of ketones is 1. The van der Waals surface area contributed by atoms with Crippen molar-refractivity contribution in [3.8, 4) is 0 Å². The number of ether oxygens (including phenoxy) is 2. The van der Waals surface area contributed by atoms with Crippen molar-refractivity contribution in [3.05, 3.63) is 42.0 Å². The second-order valence-electron chi connectivity index (χ2n) is 5.23. The van der Waals surface area contributed by atoms with E-state index in [9.17, 15) is 13.2 Å². The van der Waals surface area contributed by atoms with Crippen molar-refractivity contribution in [2.24, 2.45) is 0 Å². The van der Waals surface area contributed by atoms with Crippen LogP contribution in [0.15, 0.2) is 41.3 Å². The zero-order valence-corrected chi connectivity index (χ0v) is 14.2. The van der Waals surface area contributed by atoms with E-state index in [0.29, 0.717) is 6.61 Å². The van der Waals surface area contributed by atoms with Gasteiger partial charge in [0.1, 0.15) is 12.3 Å². The van der Waals surface area contributed by atoms with Crippen LogP contribution in [0.2, 0.25) is 0 Å². The van der Waals surface area contributed by atoms with Crippen LogP contribution in [0.3, 0.4) is 0 Å². The Morgan fingerprint density at radius 3 is 2.43 bits per heavy atom. The van der Waals surface area contributed by atoms with Crippen molar-refractivity contribution in [2.75, 3.05) is 20.3 Å². The number of methoxy groups -OCH3 is 1. The zero-order chi connectivity index (χ0) is 17.0. The van der Waals surface area contributed by atoms with Gasteiger partial charge in [0.2, 0.25) is 10.0 Å². The first-order valence-corrected chi connectivity index (χ1v) is 8.78. The molecule has 1 aliphatic rings. The second kappa shape index (κ2) is 7.35. The Morgan fingerprint density at radius 2 is 1.87 bits per heavy atom. The molecule has 0 bridgehead atoms. The highest BCUT2D eigenvalue weighted by Gasteiger charge is 2.42. The highest BCUT2D eigenvalue weighted by molar-refractivity contribution is 7.89. The Balaban J connectivity index is 2.49. The monoisotopic (exact) mass is 339 g/mol. The summed E-state index contributed by atoms with van der Waals surface area (Å²) in [7, 11) is -2.47. The van der Waals surface area contributed by atoms with Gasteiger partial charge in [-0.1, -0.05) is 17.7 Å². The van der Waals surface area contributed by atoms with Crippen LogP contribution in [-0.4, -0.2) is 51.1 Å². The van der Waals surface area contributed by atoms with E-state index >= 15 is 0 Å². The van der Waals surface area contributed by atoms with Crippen molar-refractivity contribution < 1.29 is 22.7 Å². The molecule has 0 amide bonds. The van der Waals surface area contributed by atoms with E-state index in [1.807, 2.05) is 6.92 Å². The van der Waals surface area contributed by atoms with Gasteiger partial charge in [-0.05, 0) is 38.1 Å². The van der Waals surface area contributed by atoms with Crippen molar-refractivity contribution in [3.63, 3.8) is 0 Å². The summed E-state index contributed by atoms with van der Waals surface area (Å²) in [5, 5.41) is 0. The third-order valence-electron chi connectivity index (χ3n) is 3.57. The third-order valence-corrected chi connectivity index (χ3v) is 5.46. The summed E-state index contributed by atoms with van der Waals surface area (Å²) in [6.45, 7) is 3.94. The average molecular weight is 339 g/mol. The number of carbonyl (C=O) groups excluding carboxylic acids is 1. The molecule has 6 nitrogen and oxygen atoms in total. The van der Waals surface area contributed by atoms with Crippen LogP contribution in [-0.2, 0) is 24.3 Å². The predicted molar refractivity (Wildman–Crippen MR) is 85.4 cm³/mol. The lowest BCUT2D eigenvalue weighted by molar-refractivity contribution is -0.124. The van der Waals surface area contributed by atoms with Gasteiger partial charge in [-0.15, -0.1) is 0 Å². The Labute approximate surface area is 136 Å². The van der Waals surface area contributed by atoms with Gasteiger partial charge in [0, 0.05) is 13.7 Å². The van der Waals surface area contributed by atoms with Crippen LogP contribution in [0.4, 0.5) is 0 Å². The van der Waals surface area contributed by atoms with Crippen molar-refractivity contribution in [2.45, 2.75) is 31.0 Å². The Bertz CT molecular complexity index is 681. The predicted octanol–water partition coefficient (Wildman–Crippen LogP) is 1.50. The molecular formula is C16H21NO5S. The van der Waals surface area contributed by atoms with E-state index in [0.717, 1.165) is 9.87 Å². The first-order valence-electron chi connectivity index (χ1n) is 7.34. The van der Waals surface area contributed by atoms with Gasteiger partial charge in [0.25, 0.3) is 0 Å². The molecule has 1 aliphatic heterocycles. The van der Waals surface area contributed by atoms with Crippen LogP contribution < -0.4 is 0 Å². The van der Waals surface area contributed by atoms with Crippen LogP contribution >= 0.6 is 0 Å². The molecule has 7 heteroatoms. The lowest BCUT2D eigenvalue weighted by atomic mass is 10.1. The standard InChI is InChI=1S/C16H21NO5S/c1-4-22-16-10-9-15(18)14(11-21-3)17(16)23(19,20)13-7-5-12(2)6-8-13/h5-10,14,16H,4,11H2,1-3H3/t14-,16-/m0/s1. The summed E-state index contributed by atoms with van der Waals surface area (Å²) < 4.78 is 37.7. The summed E-state index contributed by atoms with van der Waals surface area (Å²) in [5.41, 5.74) is 0.952. The van der Waals surface area contributed by atoms with E-state index in [4.69, 9.17) is 9.47 Å². The minimum Gasteiger partial charge on any atom is -0.383 e. The molecule has 0 N–H and O–H groups in total. The summed E-state index contributed by atoms with van der Waals surface area (Å²) >= 11 is 0. The smallest absolute Gasteiger partial charge is 0.246 e. The van der Waals surface area contributed by atoms with E-state index in [1.54, 1.807) is 19.1 Å². The number of nitrogens with zero attached hydrogens (tertiary/aromatic N) is 1. The zero-order valence-electron chi connectivity index (χ0n) is 13.4. The van der Waals surface area contributed by atoms with Gasteiger partial charge >= 0.3 is 0 Å². The topological polar surface area (TPSA) is 72.9 Å². The summed E-state index contributed by atoms with van der Waals surface area (Å²) in [6, 6.07) is 5.55. The number of hydrogen-bond acceptors (Lipinski definition) is 5. The van der Waals surface area contributed by atoms with E-state index < -0.39 is 22.3 Å². The molecule has 0 saturated heterocycles. The fourth-order valence-corrected chi connectivity index (χ4v) is 4.05. The van der Waals surface area contributed by atoms with Crippen molar-refractivity contribution in [1.29, 1.82) is 0 Å². The highest BCUT2D eigenvalue weighted by Crippen LogP contribution is 2.26. The normalized spacial score (nSPS) is 22.5. The first-order chi connectivity index (χ1) is 10.9. The fourth-order valence-electron chi connectivity index (χ4n) is 2.43. The summed E-state index contributed by atoms with van der Waals surface area (Å²) in [4.78, 5) is 12.3. The number of aryl methyl sites for hydroxylation is 1. The average Bonchev–Trinajstić information content (AvgIpc) is 2.51. The Kier molecular flexibility index (Phi) is 5.69. The maximum absolute atomic E-state index is 13.0. The summed E-state index contributed by atoms with van der Waals surface area (Å²) in [6.07, 6.45) is 1.98. The number of benzene rings is 1.